The van der Waals surface area contributed by atoms with Crippen molar-refractivity contribution in [1.82, 2.24) is 9.80 Å². The van der Waals surface area contributed by atoms with Gasteiger partial charge in [0, 0.05) is 32.8 Å². The largest absolute Gasteiger partial charge is 0.381 e. The lowest BCUT2D eigenvalue weighted by Crippen LogP contribution is -2.35. The summed E-state index contributed by atoms with van der Waals surface area (Å²) >= 11 is 1.54. The molecule has 3 heterocycles. The highest BCUT2D eigenvalue weighted by Gasteiger charge is 2.22. The van der Waals surface area contributed by atoms with Gasteiger partial charge in [-0.25, -0.2) is 0 Å². The molecule has 1 aromatic heterocycles. The first kappa shape index (κ1) is 15.0. The van der Waals surface area contributed by atoms with Crippen molar-refractivity contribution in [3.63, 3.8) is 0 Å². The lowest BCUT2D eigenvalue weighted by atomic mass is 10.1. The van der Waals surface area contributed by atoms with Gasteiger partial charge in [-0.15, -0.1) is 11.3 Å². The molecule has 5 heteroatoms. The van der Waals surface area contributed by atoms with E-state index >= 15 is 0 Å². The maximum absolute atomic E-state index is 12.4. The maximum Gasteiger partial charge on any atom is 0.263 e. The zero-order valence-electron chi connectivity index (χ0n) is 12.5. The predicted octanol–water partition coefficient (Wildman–Crippen LogP) is 2.32. The molecular weight excluding hydrogens is 284 g/mol. The van der Waals surface area contributed by atoms with Crippen LogP contribution in [0.5, 0.6) is 0 Å². The first-order valence-electron chi connectivity index (χ1n) is 7.96. The molecule has 0 radical (unpaired) electrons. The highest BCUT2D eigenvalue weighted by molar-refractivity contribution is 7.12. The van der Waals surface area contributed by atoms with Crippen molar-refractivity contribution in [2.24, 2.45) is 5.92 Å². The lowest BCUT2D eigenvalue weighted by Gasteiger charge is -2.22. The zero-order chi connectivity index (χ0) is 14.5. The number of hydrogen-bond donors (Lipinski definition) is 0. The summed E-state index contributed by atoms with van der Waals surface area (Å²) in [6.07, 6.45) is 3.54. The first-order chi connectivity index (χ1) is 10.3. The Morgan fingerprint density at radius 2 is 2.29 bits per heavy atom. The number of carbonyl (C=O) groups is 1. The summed E-state index contributed by atoms with van der Waals surface area (Å²) in [5.41, 5.74) is 0. The summed E-state index contributed by atoms with van der Waals surface area (Å²) in [6.45, 7) is 6.89. The second-order valence-electron chi connectivity index (χ2n) is 5.98. The van der Waals surface area contributed by atoms with Crippen LogP contribution >= 0.6 is 11.3 Å². The lowest BCUT2D eigenvalue weighted by molar-refractivity contribution is 0.0766. The van der Waals surface area contributed by atoms with Crippen LogP contribution < -0.4 is 0 Å². The Bertz CT molecular complexity index is 443. The smallest absolute Gasteiger partial charge is 0.263 e. The van der Waals surface area contributed by atoms with E-state index in [1.807, 2.05) is 22.4 Å². The summed E-state index contributed by atoms with van der Waals surface area (Å²) < 4.78 is 5.44. The molecule has 1 atom stereocenters. The molecule has 0 aliphatic carbocycles. The van der Waals surface area contributed by atoms with Gasteiger partial charge in [0.1, 0.15) is 0 Å². The molecule has 4 nitrogen and oxygen atoms in total. The minimum absolute atomic E-state index is 0.205. The molecule has 2 aliphatic heterocycles. The van der Waals surface area contributed by atoms with Crippen LogP contribution in [0.2, 0.25) is 0 Å². The number of carbonyl (C=O) groups excluding carboxylic acids is 1. The molecule has 0 saturated carbocycles. The van der Waals surface area contributed by atoms with Crippen molar-refractivity contribution in [3.8, 4) is 0 Å². The van der Waals surface area contributed by atoms with Crippen molar-refractivity contribution in [2.45, 2.75) is 19.3 Å². The molecule has 0 bridgehead atoms. The van der Waals surface area contributed by atoms with Gasteiger partial charge in [-0.05, 0) is 49.7 Å². The third-order valence-electron chi connectivity index (χ3n) is 4.49. The van der Waals surface area contributed by atoms with Gasteiger partial charge in [-0.3, -0.25) is 4.79 Å². The molecule has 0 spiro atoms. The number of ether oxygens (including phenoxy) is 1. The quantitative estimate of drug-likeness (QED) is 0.856. The average Bonchev–Trinajstić information content (AvgIpc) is 3.15. The highest BCUT2D eigenvalue weighted by Crippen LogP contribution is 2.18. The summed E-state index contributed by atoms with van der Waals surface area (Å²) in [5, 5.41) is 1.97. The molecular formula is C16H24N2O2S. The summed E-state index contributed by atoms with van der Waals surface area (Å²) in [5.74, 6) is 0.952. The minimum atomic E-state index is 0.205. The molecule has 1 amide bonds. The molecule has 2 saturated heterocycles. The van der Waals surface area contributed by atoms with Crippen molar-refractivity contribution in [3.05, 3.63) is 22.4 Å². The molecule has 2 fully saturated rings. The van der Waals surface area contributed by atoms with Crippen molar-refractivity contribution < 1.29 is 9.53 Å². The van der Waals surface area contributed by atoms with Gasteiger partial charge in [0.15, 0.2) is 0 Å². The molecule has 116 valence electrons. The first-order valence-corrected chi connectivity index (χ1v) is 8.84. The molecule has 21 heavy (non-hydrogen) atoms. The van der Waals surface area contributed by atoms with E-state index in [1.165, 1.54) is 12.8 Å². The summed E-state index contributed by atoms with van der Waals surface area (Å²) in [4.78, 5) is 17.8. The van der Waals surface area contributed by atoms with Crippen molar-refractivity contribution in [2.75, 3.05) is 45.9 Å². The zero-order valence-corrected chi connectivity index (χ0v) is 13.3. The molecule has 1 unspecified atom stereocenters. The second kappa shape index (κ2) is 7.38. The second-order valence-corrected chi connectivity index (χ2v) is 6.93. The van der Waals surface area contributed by atoms with E-state index in [-0.39, 0.29) is 5.91 Å². The van der Waals surface area contributed by atoms with E-state index < -0.39 is 0 Å². The molecule has 1 aromatic rings. The summed E-state index contributed by atoms with van der Waals surface area (Å²) in [6, 6.07) is 3.88. The van der Waals surface area contributed by atoms with E-state index in [4.69, 9.17) is 4.74 Å². The van der Waals surface area contributed by atoms with E-state index in [9.17, 15) is 4.79 Å². The highest BCUT2D eigenvalue weighted by atomic mass is 32.1. The topological polar surface area (TPSA) is 32.8 Å². The third kappa shape index (κ3) is 4.05. The normalized spacial score (nSPS) is 24.2. The average molecular weight is 308 g/mol. The van der Waals surface area contributed by atoms with Gasteiger partial charge in [0.05, 0.1) is 4.88 Å². The van der Waals surface area contributed by atoms with Crippen LogP contribution in [0.4, 0.5) is 0 Å². The van der Waals surface area contributed by atoms with Crippen LogP contribution in [0.3, 0.4) is 0 Å². The van der Waals surface area contributed by atoms with Crippen LogP contribution in [-0.2, 0) is 4.74 Å². The monoisotopic (exact) mass is 308 g/mol. The fourth-order valence-corrected chi connectivity index (χ4v) is 3.82. The van der Waals surface area contributed by atoms with Gasteiger partial charge < -0.3 is 14.5 Å². The molecule has 3 rings (SSSR count). The maximum atomic E-state index is 12.4. The van der Waals surface area contributed by atoms with Gasteiger partial charge in [-0.1, -0.05) is 6.07 Å². The van der Waals surface area contributed by atoms with Crippen LogP contribution in [0.15, 0.2) is 17.5 Å². The Kier molecular flexibility index (Phi) is 5.27. The standard InChI is InChI=1S/C16H24N2O2S/c19-16(15-3-1-12-21-15)18-7-2-6-17(9-10-18)8-4-14-5-11-20-13-14/h1,3,12,14H,2,4-11,13H2. The van der Waals surface area contributed by atoms with E-state index in [1.54, 1.807) is 11.3 Å². The van der Waals surface area contributed by atoms with Crippen LogP contribution in [-0.4, -0.2) is 61.6 Å². The van der Waals surface area contributed by atoms with E-state index in [2.05, 4.69) is 4.90 Å². The number of hydrogen-bond acceptors (Lipinski definition) is 4. The molecule has 0 N–H and O–H groups in total. The number of rotatable bonds is 4. The fourth-order valence-electron chi connectivity index (χ4n) is 3.13. The number of thiophene rings is 1. The Hall–Kier alpha value is -0.910. The van der Waals surface area contributed by atoms with E-state index in [0.29, 0.717) is 0 Å². The summed E-state index contributed by atoms with van der Waals surface area (Å²) in [7, 11) is 0. The van der Waals surface area contributed by atoms with Crippen molar-refractivity contribution in [1.29, 1.82) is 0 Å². The van der Waals surface area contributed by atoms with Crippen molar-refractivity contribution >= 4 is 17.2 Å². The molecule has 2 aliphatic rings. The SMILES string of the molecule is O=C(c1cccs1)N1CCCN(CCC2CCOC2)CC1. The van der Waals surface area contributed by atoms with Gasteiger partial charge in [0.2, 0.25) is 0 Å². The Morgan fingerprint density at radius 1 is 1.33 bits per heavy atom. The van der Waals surface area contributed by atoms with Gasteiger partial charge in [0.25, 0.3) is 5.91 Å². The number of nitrogens with zero attached hydrogens (tertiary/aromatic N) is 2. The molecule has 0 aromatic carbocycles. The Labute approximate surface area is 130 Å². The van der Waals surface area contributed by atoms with E-state index in [0.717, 1.165) is 63.2 Å². The fraction of sp³-hybridized carbons (Fsp3) is 0.688. The van der Waals surface area contributed by atoms with Crippen LogP contribution in [0.25, 0.3) is 0 Å². The third-order valence-corrected chi connectivity index (χ3v) is 5.34. The van der Waals surface area contributed by atoms with Crippen LogP contribution in [0, 0.1) is 5.92 Å². The Balaban J connectivity index is 1.46. The van der Waals surface area contributed by atoms with Crippen LogP contribution in [0.1, 0.15) is 28.9 Å². The Morgan fingerprint density at radius 3 is 3.05 bits per heavy atom. The number of amides is 1. The predicted molar refractivity (Wildman–Crippen MR) is 84.8 cm³/mol. The van der Waals surface area contributed by atoms with Gasteiger partial charge >= 0.3 is 0 Å². The van der Waals surface area contributed by atoms with Gasteiger partial charge in [-0.2, -0.15) is 0 Å². The minimum Gasteiger partial charge on any atom is -0.381 e.